The van der Waals surface area contributed by atoms with E-state index in [1.165, 1.54) is 12.1 Å². The molecule has 0 unspecified atom stereocenters. The third-order valence-corrected chi connectivity index (χ3v) is 4.78. The molecule has 0 saturated carbocycles. The highest BCUT2D eigenvalue weighted by Crippen LogP contribution is 2.27. The highest BCUT2D eigenvalue weighted by atomic mass is 19.1. The lowest BCUT2D eigenvalue weighted by atomic mass is 10.1. The minimum absolute atomic E-state index is 0.232. The molecule has 2 aromatic heterocycles. The lowest BCUT2D eigenvalue weighted by molar-refractivity contribution is 0.0928. The molecule has 0 saturated heterocycles. The van der Waals surface area contributed by atoms with Crippen molar-refractivity contribution in [1.82, 2.24) is 10.3 Å². The van der Waals surface area contributed by atoms with Gasteiger partial charge < -0.3 is 14.7 Å². The van der Waals surface area contributed by atoms with Crippen LogP contribution in [0.3, 0.4) is 0 Å². The molecule has 2 aromatic carbocycles. The lowest BCUT2D eigenvalue weighted by Crippen LogP contribution is -2.25. The summed E-state index contributed by atoms with van der Waals surface area (Å²) in [5.74, 6) is -0.154. The van der Waals surface area contributed by atoms with Gasteiger partial charge in [-0.15, -0.1) is 0 Å². The van der Waals surface area contributed by atoms with Gasteiger partial charge in [0.1, 0.15) is 11.4 Å². The molecule has 26 heavy (non-hydrogen) atoms. The molecule has 5 heteroatoms. The van der Waals surface area contributed by atoms with Crippen molar-refractivity contribution in [3.05, 3.63) is 70.9 Å². The van der Waals surface area contributed by atoms with Crippen molar-refractivity contribution in [2.24, 2.45) is 0 Å². The molecule has 0 fully saturated rings. The van der Waals surface area contributed by atoms with Gasteiger partial charge in [-0.2, -0.15) is 0 Å². The number of fused-ring (bicyclic) bond motifs is 2. The Balaban J connectivity index is 1.50. The standard InChI is InChI=1S/C21H19FN2O2/c1-12-4-3-5-16-13(2)20(26-19(12)16)21(25)23-9-8-14-11-24-18-7-6-15(22)10-17(14)18/h3-7,10-11,24H,8-9H2,1-2H3,(H,23,25). The number of rotatable bonds is 4. The van der Waals surface area contributed by atoms with E-state index in [-0.39, 0.29) is 11.7 Å². The first-order valence-corrected chi connectivity index (χ1v) is 8.57. The molecular weight excluding hydrogens is 331 g/mol. The summed E-state index contributed by atoms with van der Waals surface area (Å²) in [5.41, 5.74) is 4.45. The topological polar surface area (TPSA) is 58.0 Å². The van der Waals surface area contributed by atoms with Crippen molar-refractivity contribution >= 4 is 27.8 Å². The van der Waals surface area contributed by atoms with Crippen molar-refractivity contribution in [3.63, 3.8) is 0 Å². The van der Waals surface area contributed by atoms with Gasteiger partial charge in [0, 0.05) is 34.6 Å². The number of benzene rings is 2. The quantitative estimate of drug-likeness (QED) is 0.563. The Hall–Kier alpha value is -3.08. The SMILES string of the molecule is Cc1c(C(=O)NCCc2c[nH]c3ccc(F)cc23)oc2c(C)cccc12. The number of halogens is 1. The number of aromatic nitrogens is 1. The number of para-hydroxylation sites is 1. The van der Waals surface area contributed by atoms with Gasteiger partial charge in [-0.25, -0.2) is 4.39 Å². The van der Waals surface area contributed by atoms with E-state index in [0.717, 1.165) is 38.6 Å². The summed E-state index contributed by atoms with van der Waals surface area (Å²) in [6.45, 7) is 4.30. The molecule has 4 nitrogen and oxygen atoms in total. The fourth-order valence-electron chi connectivity index (χ4n) is 3.35. The Morgan fingerprint density at radius 3 is 2.85 bits per heavy atom. The molecule has 2 heterocycles. The summed E-state index contributed by atoms with van der Waals surface area (Å²) >= 11 is 0. The minimum atomic E-state index is -0.268. The van der Waals surface area contributed by atoms with Gasteiger partial charge >= 0.3 is 0 Å². The third kappa shape index (κ3) is 2.75. The maximum atomic E-state index is 13.4. The number of hydrogen-bond acceptors (Lipinski definition) is 2. The van der Waals surface area contributed by atoms with E-state index in [0.29, 0.717) is 18.7 Å². The summed E-state index contributed by atoms with van der Waals surface area (Å²) in [6.07, 6.45) is 2.46. The van der Waals surface area contributed by atoms with Crippen molar-refractivity contribution in [3.8, 4) is 0 Å². The molecule has 1 amide bonds. The second kappa shape index (κ2) is 6.33. The molecule has 0 spiro atoms. The predicted octanol–water partition coefficient (Wildman–Crippen LogP) is 4.64. The van der Waals surface area contributed by atoms with Crippen LogP contribution in [0.15, 0.2) is 47.0 Å². The predicted molar refractivity (Wildman–Crippen MR) is 100.0 cm³/mol. The summed E-state index contributed by atoms with van der Waals surface area (Å²) in [7, 11) is 0. The van der Waals surface area contributed by atoms with E-state index in [2.05, 4.69) is 10.3 Å². The van der Waals surface area contributed by atoms with Gasteiger partial charge in [0.2, 0.25) is 0 Å². The number of aromatic amines is 1. The highest BCUT2D eigenvalue weighted by molar-refractivity contribution is 5.99. The Morgan fingerprint density at radius 2 is 2.04 bits per heavy atom. The van der Waals surface area contributed by atoms with E-state index in [9.17, 15) is 9.18 Å². The Bertz CT molecular complexity index is 1120. The van der Waals surface area contributed by atoms with E-state index in [1.807, 2.05) is 38.2 Å². The monoisotopic (exact) mass is 350 g/mol. The molecule has 132 valence electrons. The van der Waals surface area contributed by atoms with Crippen molar-refractivity contribution in [2.75, 3.05) is 6.54 Å². The molecule has 0 atom stereocenters. The van der Waals surface area contributed by atoms with Gasteiger partial charge in [-0.05, 0) is 49.6 Å². The van der Waals surface area contributed by atoms with Crippen LogP contribution in [0.4, 0.5) is 4.39 Å². The molecule has 0 aliphatic carbocycles. The zero-order chi connectivity index (χ0) is 18.3. The van der Waals surface area contributed by atoms with Gasteiger partial charge in [0.05, 0.1) is 0 Å². The van der Waals surface area contributed by atoms with E-state index < -0.39 is 0 Å². The highest BCUT2D eigenvalue weighted by Gasteiger charge is 2.18. The lowest BCUT2D eigenvalue weighted by Gasteiger charge is -2.04. The van der Waals surface area contributed by atoms with Gasteiger partial charge in [0.25, 0.3) is 5.91 Å². The third-order valence-electron chi connectivity index (χ3n) is 4.78. The van der Waals surface area contributed by atoms with Crippen LogP contribution in [0, 0.1) is 19.7 Å². The first kappa shape index (κ1) is 16.4. The normalized spacial score (nSPS) is 11.3. The molecule has 0 bridgehead atoms. The molecular formula is C21H19FN2O2. The number of amides is 1. The smallest absolute Gasteiger partial charge is 0.287 e. The van der Waals surface area contributed by atoms with Crippen molar-refractivity contribution in [2.45, 2.75) is 20.3 Å². The average Bonchev–Trinajstić information content (AvgIpc) is 3.17. The second-order valence-corrected chi connectivity index (χ2v) is 6.52. The van der Waals surface area contributed by atoms with E-state index in [4.69, 9.17) is 4.42 Å². The first-order chi connectivity index (χ1) is 12.5. The number of furan rings is 1. The zero-order valence-electron chi connectivity index (χ0n) is 14.7. The van der Waals surface area contributed by atoms with Gasteiger partial charge in [0.15, 0.2) is 5.76 Å². The average molecular weight is 350 g/mol. The van der Waals surface area contributed by atoms with Crippen LogP contribution < -0.4 is 5.32 Å². The molecule has 0 aliphatic heterocycles. The molecule has 2 N–H and O–H groups in total. The Kier molecular flexibility index (Phi) is 3.99. The maximum absolute atomic E-state index is 13.4. The maximum Gasteiger partial charge on any atom is 0.287 e. The van der Waals surface area contributed by atoms with Crippen LogP contribution >= 0.6 is 0 Å². The number of nitrogens with one attached hydrogen (secondary N) is 2. The molecule has 0 aliphatic rings. The zero-order valence-corrected chi connectivity index (χ0v) is 14.7. The van der Waals surface area contributed by atoms with Gasteiger partial charge in [-0.3, -0.25) is 4.79 Å². The molecule has 0 radical (unpaired) electrons. The fraction of sp³-hybridized carbons (Fsp3) is 0.190. The fourth-order valence-corrected chi connectivity index (χ4v) is 3.35. The number of hydrogen-bond donors (Lipinski definition) is 2. The second-order valence-electron chi connectivity index (χ2n) is 6.52. The van der Waals surface area contributed by atoms with Crippen LogP contribution in [-0.2, 0) is 6.42 Å². The number of carbonyl (C=O) groups is 1. The van der Waals surface area contributed by atoms with Crippen molar-refractivity contribution in [1.29, 1.82) is 0 Å². The Labute approximate surface area is 150 Å². The van der Waals surface area contributed by atoms with Gasteiger partial charge in [-0.1, -0.05) is 18.2 Å². The summed E-state index contributed by atoms with van der Waals surface area (Å²) in [5, 5.41) is 4.70. The van der Waals surface area contributed by atoms with Crippen molar-refractivity contribution < 1.29 is 13.6 Å². The van der Waals surface area contributed by atoms with Crippen LogP contribution in [0.2, 0.25) is 0 Å². The number of aryl methyl sites for hydroxylation is 2. The van der Waals surface area contributed by atoms with E-state index in [1.54, 1.807) is 6.07 Å². The summed E-state index contributed by atoms with van der Waals surface area (Å²) in [6, 6.07) is 10.5. The number of H-pyrrole nitrogens is 1. The first-order valence-electron chi connectivity index (χ1n) is 8.57. The van der Waals surface area contributed by atoms with Crippen LogP contribution in [0.25, 0.3) is 21.9 Å². The molecule has 4 aromatic rings. The molecule has 4 rings (SSSR count). The Morgan fingerprint density at radius 1 is 1.19 bits per heavy atom. The minimum Gasteiger partial charge on any atom is -0.450 e. The number of carbonyl (C=O) groups excluding carboxylic acids is 1. The summed E-state index contributed by atoms with van der Waals surface area (Å²) in [4.78, 5) is 15.6. The van der Waals surface area contributed by atoms with Crippen LogP contribution in [-0.4, -0.2) is 17.4 Å². The van der Waals surface area contributed by atoms with Crippen LogP contribution in [0.5, 0.6) is 0 Å². The van der Waals surface area contributed by atoms with E-state index >= 15 is 0 Å². The largest absolute Gasteiger partial charge is 0.450 e. The summed E-state index contributed by atoms with van der Waals surface area (Å²) < 4.78 is 19.2. The van der Waals surface area contributed by atoms with Crippen LogP contribution in [0.1, 0.15) is 27.2 Å².